The molecule has 2 N–H and O–H groups in total. The fraction of sp³-hybridized carbons (Fsp3) is 0.261. The highest BCUT2D eigenvalue weighted by molar-refractivity contribution is 5.97. The first-order chi connectivity index (χ1) is 14.4. The lowest BCUT2D eigenvalue weighted by Gasteiger charge is -2.21. The highest BCUT2D eigenvalue weighted by atomic mass is 19.1. The van der Waals surface area contributed by atoms with Crippen LogP contribution in [0.25, 0.3) is 5.69 Å². The summed E-state index contributed by atoms with van der Waals surface area (Å²) in [6.07, 6.45) is 4.32. The van der Waals surface area contributed by atoms with Gasteiger partial charge in [-0.1, -0.05) is 32.0 Å². The molecule has 156 valence electrons. The number of nitrogens with zero attached hydrogens (tertiary/aromatic N) is 2. The minimum Gasteiger partial charge on any atom is -0.354 e. The number of rotatable bonds is 8. The van der Waals surface area contributed by atoms with Gasteiger partial charge in [-0.2, -0.15) is 5.10 Å². The van der Waals surface area contributed by atoms with Crippen LogP contribution in [-0.2, 0) is 11.2 Å². The molecule has 0 aliphatic heterocycles. The Labute approximate surface area is 175 Å². The van der Waals surface area contributed by atoms with Crippen LogP contribution in [0, 0.1) is 11.7 Å². The van der Waals surface area contributed by atoms with Gasteiger partial charge in [0.1, 0.15) is 11.9 Å². The Bertz CT molecular complexity index is 984. The number of para-hydroxylation sites is 1. The van der Waals surface area contributed by atoms with Crippen LogP contribution in [0.2, 0.25) is 0 Å². The van der Waals surface area contributed by atoms with Crippen molar-refractivity contribution >= 4 is 11.8 Å². The molecule has 2 amide bonds. The number of aromatic nitrogens is 2. The van der Waals surface area contributed by atoms with Gasteiger partial charge in [0.05, 0.1) is 11.9 Å². The summed E-state index contributed by atoms with van der Waals surface area (Å²) in [7, 11) is 0. The van der Waals surface area contributed by atoms with Crippen LogP contribution in [0.3, 0.4) is 0 Å². The molecule has 1 aromatic heterocycles. The monoisotopic (exact) mass is 408 g/mol. The molecule has 0 bridgehead atoms. The van der Waals surface area contributed by atoms with E-state index in [0.717, 1.165) is 11.3 Å². The second-order valence-corrected chi connectivity index (χ2v) is 7.37. The maximum Gasteiger partial charge on any atom is 0.251 e. The number of carbonyl (C=O) groups is 2. The molecule has 1 atom stereocenters. The van der Waals surface area contributed by atoms with E-state index in [1.807, 2.05) is 50.4 Å². The van der Waals surface area contributed by atoms with Crippen molar-refractivity contribution in [2.45, 2.75) is 26.3 Å². The summed E-state index contributed by atoms with van der Waals surface area (Å²) < 4.78 is 14.8. The predicted molar refractivity (Wildman–Crippen MR) is 113 cm³/mol. The highest BCUT2D eigenvalue weighted by Crippen LogP contribution is 2.09. The van der Waals surface area contributed by atoms with Crippen molar-refractivity contribution in [3.8, 4) is 5.69 Å². The topological polar surface area (TPSA) is 76.0 Å². The second-order valence-electron chi connectivity index (χ2n) is 7.37. The quantitative estimate of drug-likeness (QED) is 0.601. The van der Waals surface area contributed by atoms with Crippen LogP contribution in [-0.4, -0.2) is 34.2 Å². The molecule has 1 unspecified atom stereocenters. The highest BCUT2D eigenvalue weighted by Gasteiger charge is 2.24. The predicted octanol–water partition coefficient (Wildman–Crippen LogP) is 3.12. The fourth-order valence-electron chi connectivity index (χ4n) is 3.01. The summed E-state index contributed by atoms with van der Waals surface area (Å²) in [5.74, 6) is -1.18. The van der Waals surface area contributed by atoms with Crippen molar-refractivity contribution < 1.29 is 14.0 Å². The van der Waals surface area contributed by atoms with Crippen LogP contribution in [0.1, 0.15) is 29.8 Å². The van der Waals surface area contributed by atoms with Gasteiger partial charge in [0.2, 0.25) is 5.91 Å². The number of halogens is 1. The minimum absolute atomic E-state index is 0.102. The van der Waals surface area contributed by atoms with Gasteiger partial charge in [0.15, 0.2) is 0 Å². The SMILES string of the molecule is CC(C)C(NC(=O)c1ccc(F)cc1)C(=O)NCCc1cnn(-c2ccccc2)c1. The number of hydrogen-bond donors (Lipinski definition) is 2. The second kappa shape index (κ2) is 9.82. The Morgan fingerprint density at radius 2 is 1.77 bits per heavy atom. The fourth-order valence-corrected chi connectivity index (χ4v) is 3.01. The Kier molecular flexibility index (Phi) is 6.95. The van der Waals surface area contributed by atoms with Gasteiger partial charge >= 0.3 is 0 Å². The molecule has 3 aromatic rings. The lowest BCUT2D eigenvalue weighted by molar-refractivity contribution is -0.123. The maximum atomic E-state index is 13.0. The van der Waals surface area contributed by atoms with E-state index in [1.165, 1.54) is 24.3 Å². The average Bonchev–Trinajstić information content (AvgIpc) is 3.21. The van der Waals surface area contributed by atoms with Crippen molar-refractivity contribution in [1.82, 2.24) is 20.4 Å². The molecule has 1 heterocycles. The zero-order valence-electron chi connectivity index (χ0n) is 17.0. The van der Waals surface area contributed by atoms with Gasteiger partial charge in [0, 0.05) is 18.3 Å². The number of hydrogen-bond acceptors (Lipinski definition) is 3. The number of benzene rings is 2. The summed E-state index contributed by atoms with van der Waals surface area (Å²) in [6.45, 7) is 4.15. The molecule has 2 aromatic carbocycles. The van der Waals surface area contributed by atoms with E-state index in [1.54, 1.807) is 10.9 Å². The van der Waals surface area contributed by atoms with Gasteiger partial charge < -0.3 is 10.6 Å². The molecular weight excluding hydrogens is 383 g/mol. The van der Waals surface area contributed by atoms with E-state index in [9.17, 15) is 14.0 Å². The van der Waals surface area contributed by atoms with E-state index in [2.05, 4.69) is 15.7 Å². The van der Waals surface area contributed by atoms with Crippen molar-refractivity contribution in [1.29, 1.82) is 0 Å². The van der Waals surface area contributed by atoms with E-state index < -0.39 is 17.8 Å². The van der Waals surface area contributed by atoms with Gasteiger partial charge in [0.25, 0.3) is 5.91 Å². The van der Waals surface area contributed by atoms with Crippen molar-refractivity contribution in [3.63, 3.8) is 0 Å². The van der Waals surface area contributed by atoms with Gasteiger partial charge in [-0.15, -0.1) is 0 Å². The maximum absolute atomic E-state index is 13.0. The summed E-state index contributed by atoms with van der Waals surface area (Å²) in [6, 6.07) is 14.3. The first-order valence-electron chi connectivity index (χ1n) is 9.87. The normalized spacial score (nSPS) is 11.9. The Morgan fingerprint density at radius 3 is 2.43 bits per heavy atom. The van der Waals surface area contributed by atoms with Gasteiger partial charge in [-0.05, 0) is 54.3 Å². The van der Waals surface area contributed by atoms with Crippen molar-refractivity contribution in [3.05, 3.63) is 83.9 Å². The average molecular weight is 408 g/mol. The first-order valence-corrected chi connectivity index (χ1v) is 9.87. The summed E-state index contributed by atoms with van der Waals surface area (Å²) >= 11 is 0. The minimum atomic E-state index is -0.686. The van der Waals surface area contributed by atoms with E-state index in [4.69, 9.17) is 0 Å². The van der Waals surface area contributed by atoms with Crippen LogP contribution < -0.4 is 10.6 Å². The summed E-state index contributed by atoms with van der Waals surface area (Å²) in [4.78, 5) is 25.0. The molecule has 7 heteroatoms. The van der Waals surface area contributed by atoms with E-state index >= 15 is 0 Å². The van der Waals surface area contributed by atoms with Crippen LogP contribution in [0.15, 0.2) is 67.0 Å². The molecule has 6 nitrogen and oxygen atoms in total. The molecule has 30 heavy (non-hydrogen) atoms. The number of nitrogens with one attached hydrogen (secondary N) is 2. The third-order valence-electron chi connectivity index (χ3n) is 4.71. The third kappa shape index (κ3) is 5.53. The lowest BCUT2D eigenvalue weighted by atomic mass is 10.0. The van der Waals surface area contributed by atoms with Gasteiger partial charge in [-0.3, -0.25) is 9.59 Å². The molecule has 0 fully saturated rings. The molecular formula is C23H25FN4O2. The molecule has 0 aliphatic carbocycles. The zero-order valence-corrected chi connectivity index (χ0v) is 17.0. The standard InChI is InChI=1S/C23H25FN4O2/c1-16(2)21(27-22(29)18-8-10-19(24)11-9-18)23(30)25-13-12-17-14-26-28(15-17)20-6-4-3-5-7-20/h3-11,14-16,21H,12-13H2,1-2H3,(H,25,30)(H,27,29). The number of carbonyl (C=O) groups excluding carboxylic acids is 2. The van der Waals surface area contributed by atoms with Crippen molar-refractivity contribution in [2.24, 2.45) is 5.92 Å². The summed E-state index contributed by atoms with van der Waals surface area (Å²) in [5, 5.41) is 9.96. The first kappa shape index (κ1) is 21.2. The van der Waals surface area contributed by atoms with Crippen LogP contribution in [0.4, 0.5) is 4.39 Å². The molecule has 0 spiro atoms. The molecule has 0 saturated heterocycles. The smallest absolute Gasteiger partial charge is 0.251 e. The van der Waals surface area contributed by atoms with Crippen molar-refractivity contribution in [2.75, 3.05) is 6.54 Å². The zero-order chi connectivity index (χ0) is 21.5. The van der Waals surface area contributed by atoms with E-state index in [0.29, 0.717) is 18.5 Å². The lowest BCUT2D eigenvalue weighted by Crippen LogP contribution is -2.50. The Morgan fingerprint density at radius 1 is 1.07 bits per heavy atom. The van der Waals surface area contributed by atoms with E-state index in [-0.39, 0.29) is 11.8 Å². The van der Waals surface area contributed by atoms with Crippen LogP contribution >= 0.6 is 0 Å². The molecule has 0 radical (unpaired) electrons. The molecule has 3 rings (SSSR count). The van der Waals surface area contributed by atoms with Crippen LogP contribution in [0.5, 0.6) is 0 Å². The summed E-state index contributed by atoms with van der Waals surface area (Å²) in [5.41, 5.74) is 2.27. The molecule has 0 saturated carbocycles. The van der Waals surface area contributed by atoms with Gasteiger partial charge in [-0.25, -0.2) is 9.07 Å². The Hall–Kier alpha value is -3.48. The molecule has 0 aliphatic rings. The largest absolute Gasteiger partial charge is 0.354 e. The number of amides is 2. The third-order valence-corrected chi connectivity index (χ3v) is 4.71. The Balaban J connectivity index is 1.53.